The van der Waals surface area contributed by atoms with Crippen molar-refractivity contribution in [3.05, 3.63) is 35.4 Å². The molecule has 1 aromatic rings. The van der Waals surface area contributed by atoms with Crippen LogP contribution in [0.1, 0.15) is 24.0 Å². The Labute approximate surface area is 86.5 Å². The van der Waals surface area contributed by atoms with E-state index in [2.05, 4.69) is 43.6 Å². The monoisotopic (exact) mass is 189 g/mol. The van der Waals surface area contributed by atoms with Crippen LogP contribution in [0.3, 0.4) is 0 Å². The van der Waals surface area contributed by atoms with Gasteiger partial charge in [0.25, 0.3) is 0 Å². The van der Waals surface area contributed by atoms with Gasteiger partial charge in [-0.25, -0.2) is 0 Å². The number of benzene rings is 1. The molecule has 14 heavy (non-hydrogen) atoms. The van der Waals surface area contributed by atoms with Crippen molar-refractivity contribution in [2.45, 2.75) is 32.2 Å². The Balaban J connectivity index is 2.01. The van der Waals surface area contributed by atoms with Crippen LogP contribution >= 0.6 is 0 Å². The molecule has 0 aliphatic heterocycles. The van der Waals surface area contributed by atoms with Crippen molar-refractivity contribution >= 4 is 0 Å². The van der Waals surface area contributed by atoms with Crippen LogP contribution < -0.4 is 5.32 Å². The largest absolute Gasteiger partial charge is 0.316 e. The molecule has 0 radical (unpaired) electrons. The summed E-state index contributed by atoms with van der Waals surface area (Å²) in [5.41, 5.74) is 2.84. The number of rotatable bonds is 4. The predicted molar refractivity (Wildman–Crippen MR) is 60.5 cm³/mol. The lowest BCUT2D eigenvalue weighted by Gasteiger charge is -2.15. The van der Waals surface area contributed by atoms with Crippen molar-refractivity contribution in [1.82, 2.24) is 5.32 Å². The van der Waals surface area contributed by atoms with Gasteiger partial charge in [0.05, 0.1) is 0 Å². The second kappa shape index (κ2) is 4.14. The maximum Gasteiger partial charge on any atom is 0.0133 e. The molecule has 1 atom stereocenters. The zero-order chi connectivity index (χ0) is 9.97. The standard InChI is InChI=1S/C13H19N/c1-10-4-3-5-11(8-10)9-13(14-2)12-6-7-12/h3-5,8,12-14H,6-7,9H2,1-2H3. The van der Waals surface area contributed by atoms with Crippen molar-refractivity contribution < 1.29 is 0 Å². The lowest BCUT2D eigenvalue weighted by molar-refractivity contribution is 0.500. The number of nitrogens with one attached hydrogen (secondary N) is 1. The number of likely N-dealkylation sites (N-methyl/N-ethyl adjacent to an activating group) is 1. The Kier molecular flexibility index (Phi) is 2.87. The Bertz CT molecular complexity index is 302. The normalized spacial score (nSPS) is 18.1. The van der Waals surface area contributed by atoms with Gasteiger partial charge in [0, 0.05) is 6.04 Å². The molecule has 0 saturated heterocycles. The minimum atomic E-state index is 0.691. The van der Waals surface area contributed by atoms with Crippen LogP contribution in [0.4, 0.5) is 0 Å². The highest BCUT2D eigenvalue weighted by atomic mass is 14.9. The minimum absolute atomic E-state index is 0.691. The summed E-state index contributed by atoms with van der Waals surface area (Å²) in [6.07, 6.45) is 4.01. The number of hydrogen-bond acceptors (Lipinski definition) is 1. The maximum atomic E-state index is 3.43. The lowest BCUT2D eigenvalue weighted by atomic mass is 10.0. The third-order valence-electron chi connectivity index (χ3n) is 3.10. The summed E-state index contributed by atoms with van der Waals surface area (Å²) in [6.45, 7) is 2.16. The highest BCUT2D eigenvalue weighted by Gasteiger charge is 2.29. The molecule has 1 N–H and O–H groups in total. The Morgan fingerprint density at radius 2 is 2.21 bits per heavy atom. The summed E-state index contributed by atoms with van der Waals surface area (Å²) >= 11 is 0. The fourth-order valence-electron chi connectivity index (χ4n) is 2.10. The molecule has 1 aliphatic carbocycles. The van der Waals surface area contributed by atoms with Gasteiger partial charge >= 0.3 is 0 Å². The first-order valence-corrected chi connectivity index (χ1v) is 5.52. The van der Waals surface area contributed by atoms with E-state index in [0.29, 0.717) is 6.04 Å². The Hall–Kier alpha value is -0.820. The van der Waals surface area contributed by atoms with Gasteiger partial charge in [0.15, 0.2) is 0 Å². The second-order valence-corrected chi connectivity index (χ2v) is 4.43. The van der Waals surface area contributed by atoms with E-state index in [-0.39, 0.29) is 0 Å². The van der Waals surface area contributed by atoms with E-state index in [1.807, 2.05) is 0 Å². The molecule has 0 amide bonds. The van der Waals surface area contributed by atoms with E-state index in [1.165, 1.54) is 30.4 Å². The first kappa shape index (κ1) is 9.72. The first-order valence-electron chi connectivity index (χ1n) is 5.52. The van der Waals surface area contributed by atoms with Gasteiger partial charge in [-0.05, 0) is 44.7 Å². The Morgan fingerprint density at radius 3 is 2.79 bits per heavy atom. The molecule has 1 unspecified atom stereocenters. The molecule has 0 bridgehead atoms. The average Bonchev–Trinajstić information content (AvgIpc) is 2.97. The van der Waals surface area contributed by atoms with E-state index >= 15 is 0 Å². The van der Waals surface area contributed by atoms with Crippen molar-refractivity contribution in [2.24, 2.45) is 5.92 Å². The topological polar surface area (TPSA) is 12.0 Å². The van der Waals surface area contributed by atoms with Gasteiger partial charge in [-0.3, -0.25) is 0 Å². The van der Waals surface area contributed by atoms with E-state index in [9.17, 15) is 0 Å². The smallest absolute Gasteiger partial charge is 0.0133 e. The molecule has 1 heteroatoms. The van der Waals surface area contributed by atoms with Gasteiger partial charge in [0.1, 0.15) is 0 Å². The van der Waals surface area contributed by atoms with Gasteiger partial charge in [-0.1, -0.05) is 29.8 Å². The summed E-state index contributed by atoms with van der Waals surface area (Å²) in [5.74, 6) is 0.931. The average molecular weight is 189 g/mol. The van der Waals surface area contributed by atoms with E-state index in [4.69, 9.17) is 0 Å². The maximum absolute atomic E-state index is 3.43. The van der Waals surface area contributed by atoms with E-state index in [0.717, 1.165) is 5.92 Å². The van der Waals surface area contributed by atoms with Crippen molar-refractivity contribution in [3.63, 3.8) is 0 Å². The summed E-state index contributed by atoms with van der Waals surface area (Å²) in [6, 6.07) is 9.54. The van der Waals surface area contributed by atoms with Gasteiger partial charge in [-0.15, -0.1) is 0 Å². The SMILES string of the molecule is CNC(Cc1cccc(C)c1)C1CC1. The van der Waals surface area contributed by atoms with Crippen LogP contribution in [0.25, 0.3) is 0 Å². The molecule has 1 fully saturated rings. The van der Waals surface area contributed by atoms with Crippen LogP contribution in [0.2, 0.25) is 0 Å². The molecule has 1 nitrogen and oxygen atoms in total. The fraction of sp³-hybridized carbons (Fsp3) is 0.538. The second-order valence-electron chi connectivity index (χ2n) is 4.43. The molecule has 2 rings (SSSR count). The molecule has 1 aromatic carbocycles. The van der Waals surface area contributed by atoms with Gasteiger partial charge in [0.2, 0.25) is 0 Å². The van der Waals surface area contributed by atoms with Crippen LogP contribution in [0.5, 0.6) is 0 Å². The van der Waals surface area contributed by atoms with Crippen LogP contribution in [-0.4, -0.2) is 13.1 Å². The van der Waals surface area contributed by atoms with Crippen LogP contribution in [0, 0.1) is 12.8 Å². The highest BCUT2D eigenvalue weighted by molar-refractivity contribution is 5.23. The van der Waals surface area contributed by atoms with Gasteiger partial charge in [-0.2, -0.15) is 0 Å². The van der Waals surface area contributed by atoms with Crippen LogP contribution in [0.15, 0.2) is 24.3 Å². The Morgan fingerprint density at radius 1 is 1.43 bits per heavy atom. The molecular formula is C13H19N. The summed E-state index contributed by atoms with van der Waals surface area (Å²) in [7, 11) is 2.08. The van der Waals surface area contributed by atoms with Gasteiger partial charge < -0.3 is 5.32 Å². The number of hydrogen-bond donors (Lipinski definition) is 1. The third-order valence-corrected chi connectivity index (χ3v) is 3.10. The zero-order valence-electron chi connectivity index (χ0n) is 9.09. The third kappa shape index (κ3) is 2.36. The number of aryl methyl sites for hydroxylation is 1. The fourth-order valence-corrected chi connectivity index (χ4v) is 2.10. The molecule has 0 aromatic heterocycles. The zero-order valence-corrected chi connectivity index (χ0v) is 9.09. The van der Waals surface area contributed by atoms with Crippen molar-refractivity contribution in [3.8, 4) is 0 Å². The lowest BCUT2D eigenvalue weighted by Crippen LogP contribution is -2.29. The highest BCUT2D eigenvalue weighted by Crippen LogP contribution is 2.33. The molecule has 0 heterocycles. The summed E-state index contributed by atoms with van der Waals surface area (Å²) < 4.78 is 0. The molecular weight excluding hydrogens is 170 g/mol. The van der Waals surface area contributed by atoms with Crippen molar-refractivity contribution in [2.75, 3.05) is 7.05 Å². The molecule has 0 spiro atoms. The summed E-state index contributed by atoms with van der Waals surface area (Å²) in [4.78, 5) is 0. The predicted octanol–water partition coefficient (Wildman–Crippen LogP) is 2.54. The van der Waals surface area contributed by atoms with E-state index in [1.54, 1.807) is 0 Å². The molecule has 1 aliphatic rings. The molecule has 1 saturated carbocycles. The minimum Gasteiger partial charge on any atom is -0.316 e. The van der Waals surface area contributed by atoms with E-state index < -0.39 is 0 Å². The quantitative estimate of drug-likeness (QED) is 0.767. The first-order chi connectivity index (χ1) is 6.79. The van der Waals surface area contributed by atoms with Crippen molar-refractivity contribution in [1.29, 1.82) is 0 Å². The van der Waals surface area contributed by atoms with Crippen LogP contribution in [-0.2, 0) is 6.42 Å². The summed E-state index contributed by atoms with van der Waals surface area (Å²) in [5, 5.41) is 3.43. The molecule has 76 valence electrons.